The van der Waals surface area contributed by atoms with Gasteiger partial charge in [-0.25, -0.2) is 24.1 Å². The molecule has 7 atom stereocenters. The van der Waals surface area contributed by atoms with E-state index >= 15 is 0 Å². The number of rotatable bonds is 27. The number of nitrogens with two attached hydrogens (primary N) is 1. The number of nitrogen functional groups attached to an aromatic ring is 1. The van der Waals surface area contributed by atoms with E-state index in [1.807, 2.05) is 0 Å². The molecular weight excluding hydrogens is 812 g/mol. The van der Waals surface area contributed by atoms with Crippen LogP contribution in [0, 0.1) is 5.41 Å². The molecule has 0 aliphatic carbocycles. The largest absolute Gasteiger partial charge is 0.481 e. The fourth-order valence-electron chi connectivity index (χ4n) is 5.67. The van der Waals surface area contributed by atoms with Crippen LogP contribution in [0.25, 0.3) is 11.2 Å². The number of thioether (sulfide) groups is 1. The summed E-state index contributed by atoms with van der Waals surface area (Å²) in [5.41, 5.74) is 4.58. The minimum absolute atomic E-state index is 0.0504. The second kappa shape index (κ2) is 23.3. The van der Waals surface area contributed by atoms with Crippen LogP contribution in [-0.4, -0.2) is 118 Å². The Hall–Kier alpha value is -2.59. The van der Waals surface area contributed by atoms with Crippen molar-refractivity contribution in [2.24, 2.45) is 5.41 Å². The van der Waals surface area contributed by atoms with E-state index in [1.54, 1.807) is 0 Å². The minimum atomic E-state index is -5.38. The van der Waals surface area contributed by atoms with Gasteiger partial charge >= 0.3 is 15.6 Å². The summed E-state index contributed by atoms with van der Waals surface area (Å²) in [5, 5.41) is 36.7. The van der Waals surface area contributed by atoms with E-state index in [4.69, 9.17) is 19.5 Å². The number of nitrogens with zero attached hydrogens (tertiary/aromatic N) is 4. The van der Waals surface area contributed by atoms with Crippen molar-refractivity contribution in [1.82, 2.24) is 30.2 Å². The van der Waals surface area contributed by atoms with E-state index in [-0.39, 0.29) is 47.5 Å². The molecular formula is C33H57N7O14P2S. The first-order valence-electron chi connectivity index (χ1n) is 18.9. The monoisotopic (exact) mass is 869 g/mol. The molecule has 9 N–H and O–H groups in total. The highest BCUT2D eigenvalue weighted by molar-refractivity contribution is 8.13. The third-order valence-electron chi connectivity index (χ3n) is 9.02. The standard InChI is InChI=1S/C33H57N7O14P2S/c1-4-5-6-7-8-9-10-11-12-13-24(42)57-17-16-35-23(41)14-15-36-31(46)28(45)33(2,3)19-52-56(49,50)54-55(47,48)51-18-22-26(43)27(44)32(53-22)40-21-39-25-29(34)37-20-38-30(25)40/h20-22,26-28,32,43-45H,4-19H2,1-3H3,(H,35,41)(H,36,46)(H,47,48)(H,49,50)(H2,34,37,38)/t22-,26-,27-,28+,32-/m1/s1. The molecule has 24 heteroatoms. The minimum Gasteiger partial charge on any atom is -0.387 e. The van der Waals surface area contributed by atoms with Crippen molar-refractivity contribution in [3.8, 4) is 0 Å². The molecule has 0 aromatic carbocycles. The van der Waals surface area contributed by atoms with Crippen LogP contribution < -0.4 is 16.4 Å². The van der Waals surface area contributed by atoms with Gasteiger partial charge in [-0.05, 0) is 6.42 Å². The SMILES string of the molecule is CCCCCCCCCCCC(=O)SCCNC(=O)CCNC(=O)[C@H](O)C(C)(C)COP(=O)(O)OP(=O)(O)OC[C@H]1O[C@@H](n2cnc3c(N)ncnc32)[C@H](O)[C@@H]1O. The number of carbonyl (C=O) groups is 3. The summed E-state index contributed by atoms with van der Waals surface area (Å²) in [6, 6.07) is 0. The molecule has 57 heavy (non-hydrogen) atoms. The topological polar surface area (TPSA) is 317 Å². The van der Waals surface area contributed by atoms with E-state index in [0.717, 1.165) is 25.6 Å². The van der Waals surface area contributed by atoms with Gasteiger partial charge in [0.25, 0.3) is 0 Å². The van der Waals surface area contributed by atoms with Gasteiger partial charge in [0.2, 0.25) is 11.8 Å². The van der Waals surface area contributed by atoms with Gasteiger partial charge in [-0.15, -0.1) is 0 Å². The van der Waals surface area contributed by atoms with Crippen molar-refractivity contribution in [1.29, 1.82) is 0 Å². The van der Waals surface area contributed by atoms with Gasteiger partial charge in [-0.2, -0.15) is 4.31 Å². The number of amides is 2. The fourth-order valence-corrected chi connectivity index (χ4v) is 8.64. The number of imidazole rings is 1. The van der Waals surface area contributed by atoms with E-state index in [2.05, 4.69) is 36.8 Å². The highest BCUT2D eigenvalue weighted by Gasteiger charge is 2.46. The first kappa shape index (κ1) is 48.8. The first-order chi connectivity index (χ1) is 26.9. The number of aliphatic hydroxyl groups excluding tert-OH is 3. The zero-order valence-electron chi connectivity index (χ0n) is 32.4. The van der Waals surface area contributed by atoms with Crippen LogP contribution in [0.15, 0.2) is 12.7 Å². The lowest BCUT2D eigenvalue weighted by molar-refractivity contribution is -0.137. The van der Waals surface area contributed by atoms with Gasteiger partial charge < -0.3 is 46.2 Å². The van der Waals surface area contributed by atoms with Gasteiger partial charge in [-0.1, -0.05) is 83.9 Å². The average Bonchev–Trinajstić information content (AvgIpc) is 3.70. The van der Waals surface area contributed by atoms with Gasteiger partial charge in [0.1, 0.15) is 36.3 Å². The Morgan fingerprint density at radius 3 is 2.28 bits per heavy atom. The highest BCUT2D eigenvalue weighted by atomic mass is 32.2. The number of unbranched alkanes of at least 4 members (excludes halogenated alkanes) is 8. The summed E-state index contributed by atoms with van der Waals surface area (Å²) in [4.78, 5) is 69.0. The second-order valence-corrected chi connectivity index (χ2v) is 18.5. The number of ether oxygens (including phenoxy) is 1. The summed E-state index contributed by atoms with van der Waals surface area (Å²) >= 11 is 1.17. The van der Waals surface area contributed by atoms with Crippen LogP contribution in [0.2, 0.25) is 0 Å². The summed E-state index contributed by atoms with van der Waals surface area (Å²) in [7, 11) is -10.7. The maximum Gasteiger partial charge on any atom is 0.481 e. The molecule has 1 aliphatic heterocycles. The first-order valence-corrected chi connectivity index (χ1v) is 22.8. The van der Waals surface area contributed by atoms with Crippen molar-refractivity contribution < 1.29 is 66.7 Å². The average molecular weight is 870 g/mol. The maximum absolute atomic E-state index is 12.6. The molecule has 1 aliphatic rings. The van der Waals surface area contributed by atoms with Gasteiger partial charge in [-0.3, -0.25) is 28.0 Å². The zero-order valence-corrected chi connectivity index (χ0v) is 35.0. The summed E-state index contributed by atoms with van der Waals surface area (Å²) < 4.78 is 45.8. The highest BCUT2D eigenvalue weighted by Crippen LogP contribution is 2.61. The predicted molar refractivity (Wildman–Crippen MR) is 208 cm³/mol. The van der Waals surface area contributed by atoms with Crippen molar-refractivity contribution >= 4 is 61.3 Å². The molecule has 0 radical (unpaired) electrons. The van der Waals surface area contributed by atoms with Crippen molar-refractivity contribution in [3.05, 3.63) is 12.7 Å². The predicted octanol–water partition coefficient (Wildman–Crippen LogP) is 2.47. The smallest absolute Gasteiger partial charge is 0.387 e. The Balaban J connectivity index is 1.31. The van der Waals surface area contributed by atoms with E-state index in [1.165, 1.54) is 75.0 Å². The Bertz CT molecular complexity index is 1700. The molecule has 0 bridgehead atoms. The van der Waals surface area contributed by atoms with Crippen LogP contribution in [-0.2, 0) is 41.6 Å². The Kier molecular flexibility index (Phi) is 19.9. The fraction of sp³-hybridized carbons (Fsp3) is 0.758. The number of aromatic nitrogens is 4. The molecule has 0 spiro atoms. The molecule has 2 aromatic rings. The molecule has 2 aromatic heterocycles. The summed E-state index contributed by atoms with van der Waals surface area (Å²) in [6.45, 7) is 3.20. The quantitative estimate of drug-likeness (QED) is 0.0472. The Morgan fingerprint density at radius 2 is 1.60 bits per heavy atom. The number of hydrogen-bond acceptors (Lipinski definition) is 17. The number of carbonyl (C=O) groups excluding carboxylic acids is 3. The normalized spacial score (nSPS) is 21.2. The molecule has 1 saturated heterocycles. The number of fused-ring (bicyclic) bond motifs is 1. The molecule has 2 amide bonds. The lowest BCUT2D eigenvalue weighted by atomic mass is 9.87. The van der Waals surface area contributed by atoms with Crippen LogP contribution in [0.5, 0.6) is 0 Å². The van der Waals surface area contributed by atoms with Gasteiger partial charge in [0.05, 0.1) is 19.5 Å². The third kappa shape index (κ3) is 16.2. The lowest BCUT2D eigenvalue weighted by Gasteiger charge is -2.30. The molecule has 2 unspecified atom stereocenters. The Morgan fingerprint density at radius 1 is 0.947 bits per heavy atom. The summed E-state index contributed by atoms with van der Waals surface area (Å²) in [6.07, 6.45) is 5.49. The summed E-state index contributed by atoms with van der Waals surface area (Å²) in [5.74, 6) is -0.840. The van der Waals surface area contributed by atoms with Crippen LogP contribution >= 0.6 is 27.4 Å². The molecule has 0 saturated carbocycles. The van der Waals surface area contributed by atoms with E-state index in [9.17, 15) is 48.6 Å². The van der Waals surface area contributed by atoms with Gasteiger partial charge in [0.15, 0.2) is 22.8 Å². The van der Waals surface area contributed by atoms with E-state index < -0.39 is 70.8 Å². The third-order valence-corrected chi connectivity index (χ3v) is 12.5. The van der Waals surface area contributed by atoms with Crippen LogP contribution in [0.3, 0.4) is 0 Å². The van der Waals surface area contributed by atoms with Crippen LogP contribution in [0.1, 0.15) is 97.6 Å². The number of phosphoric ester groups is 2. The zero-order chi connectivity index (χ0) is 42.2. The van der Waals surface area contributed by atoms with Crippen molar-refractivity contribution in [3.63, 3.8) is 0 Å². The Labute approximate surface area is 335 Å². The molecule has 1 fully saturated rings. The molecule has 324 valence electrons. The number of hydrogen-bond donors (Lipinski definition) is 8. The number of phosphoric acid groups is 2. The molecule has 3 heterocycles. The second-order valence-electron chi connectivity index (χ2n) is 14.3. The number of nitrogens with one attached hydrogen (secondary N) is 2. The number of anilines is 1. The van der Waals surface area contributed by atoms with E-state index in [0.29, 0.717) is 12.2 Å². The molecule has 21 nitrogen and oxygen atoms in total. The lowest BCUT2D eigenvalue weighted by Crippen LogP contribution is -2.46. The van der Waals surface area contributed by atoms with Crippen molar-refractivity contribution in [2.75, 3.05) is 37.8 Å². The van der Waals surface area contributed by atoms with Gasteiger partial charge in [0, 0.05) is 37.1 Å². The van der Waals surface area contributed by atoms with Crippen molar-refractivity contribution in [2.45, 2.75) is 122 Å². The number of aliphatic hydroxyl groups is 3. The molecule has 3 rings (SSSR count). The maximum atomic E-state index is 12.6. The van der Waals surface area contributed by atoms with Crippen LogP contribution in [0.4, 0.5) is 5.82 Å².